The molecule has 1 aromatic heterocycles. The molecule has 1 aliphatic heterocycles. The smallest absolute Gasteiger partial charge is 0.251 e. The van der Waals surface area contributed by atoms with Crippen molar-refractivity contribution < 1.29 is 19.4 Å². The molecule has 6 nitrogen and oxygen atoms in total. The van der Waals surface area contributed by atoms with Gasteiger partial charge >= 0.3 is 0 Å². The molecule has 1 saturated heterocycles. The summed E-state index contributed by atoms with van der Waals surface area (Å²) in [7, 11) is 0. The van der Waals surface area contributed by atoms with Gasteiger partial charge in [0.25, 0.3) is 5.91 Å². The molecule has 0 unspecified atom stereocenters. The molecule has 1 amide bonds. The minimum atomic E-state index is -0.534. The predicted molar refractivity (Wildman–Crippen MR) is 134 cm³/mol. The lowest BCUT2D eigenvalue weighted by Crippen LogP contribution is -2.49. The maximum Gasteiger partial charge on any atom is 0.251 e. The number of rotatable bonds is 4. The lowest BCUT2D eigenvalue weighted by Gasteiger charge is -2.35. The van der Waals surface area contributed by atoms with Crippen LogP contribution in [0.2, 0.25) is 5.02 Å². The molecule has 0 atom stereocenters. The Morgan fingerprint density at radius 1 is 1.15 bits per heavy atom. The van der Waals surface area contributed by atoms with Crippen LogP contribution in [-0.4, -0.2) is 58.2 Å². The van der Waals surface area contributed by atoms with E-state index in [-0.39, 0.29) is 39.9 Å². The maximum absolute atomic E-state index is 15.8. The number of carbonyl (C=O) groups excluding carboxylic acids is 1. The van der Waals surface area contributed by atoms with Gasteiger partial charge in [-0.1, -0.05) is 42.4 Å². The predicted octanol–water partition coefficient (Wildman–Crippen LogP) is 4.81. The van der Waals surface area contributed by atoms with E-state index in [0.29, 0.717) is 37.1 Å². The molecule has 0 radical (unpaired) electrons. The van der Waals surface area contributed by atoms with E-state index >= 15 is 4.39 Å². The number of amides is 1. The Bertz CT molecular complexity index is 1450. The van der Waals surface area contributed by atoms with Crippen molar-refractivity contribution in [1.82, 2.24) is 9.27 Å². The van der Waals surface area contributed by atoms with Crippen molar-refractivity contribution in [2.45, 2.75) is 0 Å². The number of fused-ring (bicyclic) bond motifs is 2. The second-order valence-corrected chi connectivity index (χ2v) is 9.35. The molecule has 34 heavy (non-hydrogen) atoms. The van der Waals surface area contributed by atoms with Crippen LogP contribution < -0.4 is 4.90 Å². The zero-order chi connectivity index (χ0) is 24.0. The Morgan fingerprint density at radius 2 is 1.88 bits per heavy atom. The molecule has 0 aliphatic carbocycles. The number of aromatic hydroxyl groups is 1. The molecule has 0 bridgehead atoms. The standard InChI is InChI=1S/C25H21ClFN3O3S/c1-14(13-31)24(33)29-6-8-30(9-7-29)25-19-12-20(26)21(22(27)23(19)28-34-25)18-11-16(32)10-15-4-2-3-5-17(15)18/h2-5,10-12,31-32H,1,6-9,13H2. The lowest BCUT2D eigenvalue weighted by atomic mass is 9.96. The van der Waals surface area contributed by atoms with Gasteiger partial charge in [-0.2, -0.15) is 4.37 Å². The number of aromatic nitrogens is 1. The normalized spacial score (nSPS) is 14.2. The number of phenolic OH excluding ortho intramolecular Hbond substituents is 1. The van der Waals surface area contributed by atoms with E-state index in [1.54, 1.807) is 17.0 Å². The van der Waals surface area contributed by atoms with E-state index in [1.165, 1.54) is 17.6 Å². The Labute approximate surface area is 204 Å². The van der Waals surface area contributed by atoms with Gasteiger partial charge < -0.3 is 20.0 Å². The third kappa shape index (κ3) is 3.77. The number of piperazine rings is 1. The van der Waals surface area contributed by atoms with Crippen LogP contribution in [0, 0.1) is 5.82 Å². The fourth-order valence-corrected chi connectivity index (χ4v) is 5.58. The van der Waals surface area contributed by atoms with Crippen molar-refractivity contribution in [3.05, 3.63) is 65.5 Å². The average molecular weight is 498 g/mol. The first-order valence-electron chi connectivity index (χ1n) is 10.7. The summed E-state index contributed by atoms with van der Waals surface area (Å²) in [5.74, 6) is -0.762. The molecule has 2 heterocycles. The van der Waals surface area contributed by atoms with Gasteiger partial charge in [0.2, 0.25) is 0 Å². The molecule has 3 aromatic carbocycles. The quantitative estimate of drug-likeness (QED) is 0.396. The van der Waals surface area contributed by atoms with Crippen molar-refractivity contribution in [1.29, 1.82) is 0 Å². The lowest BCUT2D eigenvalue weighted by molar-refractivity contribution is -0.127. The Hall–Kier alpha value is -3.20. The summed E-state index contributed by atoms with van der Waals surface area (Å²) in [6.45, 7) is 5.23. The second-order valence-electron chi connectivity index (χ2n) is 8.19. The number of nitrogens with zero attached hydrogens (tertiary/aromatic N) is 3. The number of carbonyl (C=O) groups is 1. The number of hydrogen-bond donors (Lipinski definition) is 2. The maximum atomic E-state index is 15.8. The van der Waals surface area contributed by atoms with Crippen LogP contribution in [0.1, 0.15) is 0 Å². The number of hydrogen-bond acceptors (Lipinski definition) is 6. The zero-order valence-corrected chi connectivity index (χ0v) is 19.7. The van der Waals surface area contributed by atoms with Crippen LogP contribution in [-0.2, 0) is 4.79 Å². The van der Waals surface area contributed by atoms with Crippen LogP contribution in [0.3, 0.4) is 0 Å². The summed E-state index contributed by atoms with van der Waals surface area (Å²) in [6.07, 6.45) is 0. The highest BCUT2D eigenvalue weighted by molar-refractivity contribution is 7.11. The topological polar surface area (TPSA) is 76.9 Å². The monoisotopic (exact) mass is 497 g/mol. The van der Waals surface area contributed by atoms with Gasteiger partial charge in [0.15, 0.2) is 5.82 Å². The van der Waals surface area contributed by atoms with Crippen molar-refractivity contribution in [3.8, 4) is 16.9 Å². The van der Waals surface area contributed by atoms with E-state index in [2.05, 4.69) is 15.9 Å². The summed E-state index contributed by atoms with van der Waals surface area (Å²) >= 11 is 7.82. The van der Waals surface area contributed by atoms with Crippen molar-refractivity contribution >= 4 is 55.7 Å². The highest BCUT2D eigenvalue weighted by atomic mass is 35.5. The van der Waals surface area contributed by atoms with E-state index in [1.807, 2.05) is 24.3 Å². The van der Waals surface area contributed by atoms with Crippen LogP contribution in [0.5, 0.6) is 5.75 Å². The summed E-state index contributed by atoms with van der Waals surface area (Å²) < 4.78 is 20.2. The van der Waals surface area contributed by atoms with Gasteiger partial charge in [0.1, 0.15) is 16.3 Å². The number of benzene rings is 3. The average Bonchev–Trinajstić information content (AvgIpc) is 3.27. The second kappa shape index (κ2) is 8.87. The van der Waals surface area contributed by atoms with E-state index in [4.69, 9.17) is 16.7 Å². The zero-order valence-electron chi connectivity index (χ0n) is 18.1. The van der Waals surface area contributed by atoms with Gasteiger partial charge in [-0.25, -0.2) is 4.39 Å². The van der Waals surface area contributed by atoms with Crippen LogP contribution >= 0.6 is 23.1 Å². The Kier molecular flexibility index (Phi) is 5.89. The summed E-state index contributed by atoms with van der Waals surface area (Å²) in [5, 5.41) is 22.6. The van der Waals surface area contributed by atoms with Gasteiger partial charge in [-0.3, -0.25) is 4.79 Å². The number of aliphatic hydroxyl groups excluding tert-OH is 1. The molecular weight excluding hydrogens is 477 g/mol. The van der Waals surface area contributed by atoms with Crippen molar-refractivity contribution in [2.75, 3.05) is 37.7 Å². The minimum absolute atomic E-state index is 0.0273. The molecule has 4 aromatic rings. The molecule has 1 fully saturated rings. The van der Waals surface area contributed by atoms with Crippen LogP contribution in [0.25, 0.3) is 32.8 Å². The summed E-state index contributed by atoms with van der Waals surface area (Å²) in [5.41, 5.74) is 1.10. The van der Waals surface area contributed by atoms with E-state index < -0.39 is 5.82 Å². The first-order chi connectivity index (χ1) is 16.4. The number of halogens is 2. The SMILES string of the molecule is C=C(CO)C(=O)N1CCN(c2snc3c(F)c(-c4cc(O)cc5ccccc45)c(Cl)cc23)CC1. The van der Waals surface area contributed by atoms with Crippen molar-refractivity contribution in [3.63, 3.8) is 0 Å². The van der Waals surface area contributed by atoms with Crippen molar-refractivity contribution in [2.24, 2.45) is 0 Å². The first kappa shape index (κ1) is 22.6. The summed E-state index contributed by atoms with van der Waals surface area (Å²) in [6, 6.07) is 12.3. The molecule has 0 spiro atoms. The largest absolute Gasteiger partial charge is 0.508 e. The molecular formula is C25H21ClFN3O3S. The fourth-order valence-electron chi connectivity index (χ4n) is 4.38. The Balaban J connectivity index is 1.52. The van der Waals surface area contributed by atoms with Crippen LogP contribution in [0.15, 0.2) is 54.6 Å². The highest BCUT2D eigenvalue weighted by Crippen LogP contribution is 2.43. The fraction of sp³-hybridized carbons (Fsp3) is 0.200. The van der Waals surface area contributed by atoms with Gasteiger partial charge in [-0.05, 0) is 46.1 Å². The number of phenols is 1. The third-order valence-corrected chi connectivity index (χ3v) is 7.33. The molecule has 9 heteroatoms. The summed E-state index contributed by atoms with van der Waals surface area (Å²) in [4.78, 5) is 16.0. The Morgan fingerprint density at radius 3 is 2.62 bits per heavy atom. The van der Waals surface area contributed by atoms with Crippen LogP contribution in [0.4, 0.5) is 9.39 Å². The molecule has 5 rings (SSSR count). The van der Waals surface area contributed by atoms with E-state index in [0.717, 1.165) is 15.8 Å². The number of anilines is 1. The third-order valence-electron chi connectivity index (χ3n) is 6.11. The van der Waals surface area contributed by atoms with Gasteiger partial charge in [-0.15, -0.1) is 0 Å². The first-order valence-corrected chi connectivity index (χ1v) is 11.9. The van der Waals surface area contributed by atoms with E-state index in [9.17, 15) is 9.90 Å². The molecule has 2 N–H and O–H groups in total. The molecule has 0 saturated carbocycles. The minimum Gasteiger partial charge on any atom is -0.508 e. The number of aliphatic hydroxyl groups is 1. The van der Waals surface area contributed by atoms with Gasteiger partial charge in [0, 0.05) is 42.7 Å². The highest BCUT2D eigenvalue weighted by Gasteiger charge is 2.27. The molecule has 1 aliphatic rings. The molecule has 174 valence electrons. The van der Waals surface area contributed by atoms with Gasteiger partial charge in [0.05, 0.1) is 11.6 Å².